The van der Waals surface area contributed by atoms with E-state index in [1.807, 2.05) is 26.0 Å². The quantitative estimate of drug-likeness (QED) is 0.787. The van der Waals surface area contributed by atoms with E-state index in [-0.39, 0.29) is 18.0 Å². The SMILES string of the molecule is COc1ccc(F)cc1C(=O)COc1cccc(C)c1C. The number of ketones is 1. The van der Waals surface area contributed by atoms with Crippen LogP contribution >= 0.6 is 0 Å². The molecule has 110 valence electrons. The Balaban J connectivity index is 2.15. The number of carbonyl (C=O) groups is 1. The minimum Gasteiger partial charge on any atom is -0.496 e. The lowest BCUT2D eigenvalue weighted by Gasteiger charge is -2.11. The highest BCUT2D eigenvalue weighted by Crippen LogP contribution is 2.23. The van der Waals surface area contributed by atoms with Gasteiger partial charge in [-0.2, -0.15) is 0 Å². The molecular weight excluding hydrogens is 271 g/mol. The van der Waals surface area contributed by atoms with Gasteiger partial charge in [0, 0.05) is 0 Å². The molecule has 3 nitrogen and oxygen atoms in total. The third kappa shape index (κ3) is 3.40. The highest BCUT2D eigenvalue weighted by molar-refractivity contribution is 5.99. The standard InChI is InChI=1S/C17H17FO3/c1-11-5-4-6-16(12(11)2)21-10-15(19)14-9-13(18)7-8-17(14)20-3/h4-9H,10H2,1-3H3. The molecule has 0 heterocycles. The number of ether oxygens (including phenoxy) is 2. The zero-order valence-electron chi connectivity index (χ0n) is 12.3. The molecule has 2 aromatic rings. The van der Waals surface area contributed by atoms with Gasteiger partial charge < -0.3 is 9.47 Å². The van der Waals surface area contributed by atoms with Gasteiger partial charge in [-0.05, 0) is 49.2 Å². The second-order valence-corrected chi connectivity index (χ2v) is 4.75. The van der Waals surface area contributed by atoms with E-state index in [4.69, 9.17) is 9.47 Å². The molecule has 0 unspecified atom stereocenters. The molecule has 2 rings (SSSR count). The zero-order valence-corrected chi connectivity index (χ0v) is 12.3. The maximum atomic E-state index is 13.3. The third-order valence-electron chi connectivity index (χ3n) is 3.38. The Kier molecular flexibility index (Phi) is 4.58. The predicted octanol–water partition coefficient (Wildman–Crippen LogP) is 3.71. The molecule has 0 saturated heterocycles. The van der Waals surface area contributed by atoms with E-state index < -0.39 is 5.82 Å². The molecular formula is C17H17FO3. The van der Waals surface area contributed by atoms with Crippen LogP contribution in [0.15, 0.2) is 36.4 Å². The molecule has 0 radical (unpaired) electrons. The Labute approximate surface area is 123 Å². The van der Waals surface area contributed by atoms with Gasteiger partial charge in [-0.25, -0.2) is 4.39 Å². The fourth-order valence-corrected chi connectivity index (χ4v) is 2.00. The Morgan fingerprint density at radius 2 is 1.90 bits per heavy atom. The second kappa shape index (κ2) is 6.39. The molecule has 0 aliphatic carbocycles. The number of halogens is 1. The minimum atomic E-state index is -0.481. The summed E-state index contributed by atoms with van der Waals surface area (Å²) in [6, 6.07) is 9.48. The Hall–Kier alpha value is -2.36. The molecule has 21 heavy (non-hydrogen) atoms. The summed E-state index contributed by atoms with van der Waals surface area (Å²) >= 11 is 0. The van der Waals surface area contributed by atoms with Crippen LogP contribution in [0.5, 0.6) is 11.5 Å². The second-order valence-electron chi connectivity index (χ2n) is 4.75. The van der Waals surface area contributed by atoms with Crippen LogP contribution in [0.2, 0.25) is 0 Å². The largest absolute Gasteiger partial charge is 0.496 e. The van der Waals surface area contributed by atoms with Gasteiger partial charge in [0.2, 0.25) is 5.78 Å². The highest BCUT2D eigenvalue weighted by atomic mass is 19.1. The molecule has 0 amide bonds. The van der Waals surface area contributed by atoms with Crippen molar-refractivity contribution in [3.05, 3.63) is 58.9 Å². The molecule has 0 saturated carbocycles. The van der Waals surface area contributed by atoms with Crippen LogP contribution in [0.1, 0.15) is 21.5 Å². The molecule has 0 fully saturated rings. The van der Waals surface area contributed by atoms with Crippen LogP contribution in [0.4, 0.5) is 4.39 Å². The third-order valence-corrected chi connectivity index (χ3v) is 3.38. The van der Waals surface area contributed by atoms with Crippen LogP contribution in [-0.2, 0) is 0 Å². The smallest absolute Gasteiger partial charge is 0.204 e. The number of aryl methyl sites for hydroxylation is 1. The van der Waals surface area contributed by atoms with E-state index >= 15 is 0 Å². The zero-order chi connectivity index (χ0) is 15.4. The number of benzene rings is 2. The van der Waals surface area contributed by atoms with Crippen LogP contribution in [-0.4, -0.2) is 19.5 Å². The average molecular weight is 288 g/mol. The molecule has 0 atom stereocenters. The van der Waals surface area contributed by atoms with Crippen molar-refractivity contribution in [2.24, 2.45) is 0 Å². The van der Waals surface area contributed by atoms with Crippen molar-refractivity contribution in [3.63, 3.8) is 0 Å². The Morgan fingerprint density at radius 3 is 2.62 bits per heavy atom. The summed E-state index contributed by atoms with van der Waals surface area (Å²) in [7, 11) is 1.44. The monoisotopic (exact) mass is 288 g/mol. The maximum Gasteiger partial charge on any atom is 0.204 e. The maximum absolute atomic E-state index is 13.3. The summed E-state index contributed by atoms with van der Waals surface area (Å²) in [6.45, 7) is 3.74. The van der Waals surface area contributed by atoms with Crippen LogP contribution in [0.3, 0.4) is 0 Å². The molecule has 4 heteroatoms. The van der Waals surface area contributed by atoms with E-state index in [1.54, 1.807) is 6.07 Å². The van der Waals surface area contributed by atoms with Gasteiger partial charge in [-0.1, -0.05) is 12.1 Å². The first-order valence-electron chi connectivity index (χ1n) is 6.58. The van der Waals surface area contributed by atoms with Gasteiger partial charge in [0.15, 0.2) is 6.61 Å². The van der Waals surface area contributed by atoms with E-state index in [1.165, 1.54) is 19.2 Å². The molecule has 0 aliphatic rings. The number of carbonyl (C=O) groups excluding carboxylic acids is 1. The molecule has 2 aromatic carbocycles. The van der Waals surface area contributed by atoms with E-state index in [0.717, 1.165) is 17.2 Å². The van der Waals surface area contributed by atoms with Crippen molar-refractivity contribution >= 4 is 5.78 Å². The topological polar surface area (TPSA) is 35.5 Å². The van der Waals surface area contributed by atoms with Crippen LogP contribution in [0, 0.1) is 19.7 Å². The average Bonchev–Trinajstić information content (AvgIpc) is 2.48. The summed E-state index contributed by atoms with van der Waals surface area (Å²) in [6.07, 6.45) is 0. The molecule has 0 N–H and O–H groups in total. The predicted molar refractivity (Wildman–Crippen MR) is 78.7 cm³/mol. The first-order valence-corrected chi connectivity index (χ1v) is 6.58. The normalized spacial score (nSPS) is 10.3. The van der Waals surface area contributed by atoms with Gasteiger partial charge in [-0.3, -0.25) is 4.79 Å². The lowest BCUT2D eigenvalue weighted by molar-refractivity contribution is 0.0917. The lowest BCUT2D eigenvalue weighted by Crippen LogP contribution is -2.13. The first-order chi connectivity index (χ1) is 10.0. The number of rotatable bonds is 5. The van der Waals surface area contributed by atoms with E-state index in [9.17, 15) is 9.18 Å². The van der Waals surface area contributed by atoms with Crippen LogP contribution in [0.25, 0.3) is 0 Å². The molecule has 0 aromatic heterocycles. The van der Waals surface area contributed by atoms with Gasteiger partial charge in [0.1, 0.15) is 17.3 Å². The summed E-state index contributed by atoms with van der Waals surface area (Å²) in [5.41, 5.74) is 2.25. The van der Waals surface area contributed by atoms with Gasteiger partial charge in [0.05, 0.1) is 12.7 Å². The van der Waals surface area contributed by atoms with E-state index in [0.29, 0.717) is 11.5 Å². The molecule has 0 spiro atoms. The van der Waals surface area contributed by atoms with Crippen molar-refractivity contribution in [2.45, 2.75) is 13.8 Å². The fourth-order valence-electron chi connectivity index (χ4n) is 2.00. The van der Waals surface area contributed by atoms with E-state index in [2.05, 4.69) is 0 Å². The summed E-state index contributed by atoms with van der Waals surface area (Å²) in [4.78, 5) is 12.2. The first kappa shape index (κ1) is 15.0. The summed E-state index contributed by atoms with van der Waals surface area (Å²) in [5, 5.41) is 0. The minimum absolute atomic E-state index is 0.163. The lowest BCUT2D eigenvalue weighted by atomic mass is 10.1. The van der Waals surface area contributed by atoms with Crippen molar-refractivity contribution in [1.29, 1.82) is 0 Å². The fraction of sp³-hybridized carbons (Fsp3) is 0.235. The number of methoxy groups -OCH3 is 1. The Morgan fingerprint density at radius 1 is 1.14 bits per heavy atom. The summed E-state index contributed by atoms with van der Waals surface area (Å²) in [5.74, 6) is 0.183. The van der Waals surface area contributed by atoms with Crippen molar-refractivity contribution in [3.8, 4) is 11.5 Å². The van der Waals surface area contributed by atoms with Gasteiger partial charge in [-0.15, -0.1) is 0 Å². The van der Waals surface area contributed by atoms with Crippen molar-refractivity contribution in [2.75, 3.05) is 13.7 Å². The number of Topliss-reactive ketones (excluding diaryl/α,β-unsaturated/α-hetero) is 1. The number of hydrogen-bond donors (Lipinski definition) is 0. The van der Waals surface area contributed by atoms with Crippen LogP contribution < -0.4 is 9.47 Å². The molecule has 0 bridgehead atoms. The Bertz CT molecular complexity index is 665. The highest BCUT2D eigenvalue weighted by Gasteiger charge is 2.14. The van der Waals surface area contributed by atoms with Crippen molar-refractivity contribution in [1.82, 2.24) is 0 Å². The summed E-state index contributed by atoms with van der Waals surface area (Å²) < 4.78 is 23.9. The van der Waals surface area contributed by atoms with Gasteiger partial charge >= 0.3 is 0 Å². The van der Waals surface area contributed by atoms with Crippen molar-refractivity contribution < 1.29 is 18.7 Å². The molecule has 0 aliphatic heterocycles. The van der Waals surface area contributed by atoms with Gasteiger partial charge in [0.25, 0.3) is 0 Å². The number of hydrogen-bond acceptors (Lipinski definition) is 3.